The predicted molar refractivity (Wildman–Crippen MR) is 114 cm³/mol. The van der Waals surface area contributed by atoms with Crippen molar-refractivity contribution in [1.82, 2.24) is 10.2 Å². The molecule has 0 spiro atoms. The molecule has 0 aliphatic heterocycles. The molecule has 0 unspecified atom stereocenters. The second kappa shape index (κ2) is 10.3. The number of carbonyl (C=O) groups is 2. The lowest BCUT2D eigenvalue weighted by molar-refractivity contribution is -0.141. The van der Waals surface area contributed by atoms with Crippen LogP contribution in [0.5, 0.6) is 0 Å². The van der Waals surface area contributed by atoms with Crippen LogP contribution in [0.15, 0.2) is 48.5 Å². The fraction of sp³-hybridized carbons (Fsp3) is 0.391. The predicted octanol–water partition coefficient (Wildman–Crippen LogP) is 4.52. The van der Waals surface area contributed by atoms with Crippen LogP contribution in [0.3, 0.4) is 0 Å². The Bertz CT molecular complexity index is 785. The maximum Gasteiger partial charge on any atom is 0.243 e. The summed E-state index contributed by atoms with van der Waals surface area (Å²) in [5.74, 6) is -0.192. The number of nitrogens with zero attached hydrogens (tertiary/aromatic N) is 1. The van der Waals surface area contributed by atoms with Crippen LogP contribution in [-0.4, -0.2) is 28.8 Å². The third kappa shape index (κ3) is 6.38. The van der Waals surface area contributed by atoms with Gasteiger partial charge >= 0.3 is 0 Å². The summed E-state index contributed by atoms with van der Waals surface area (Å²) in [5.41, 5.74) is 3.04. The van der Waals surface area contributed by atoms with Crippen LogP contribution in [0.1, 0.15) is 43.9 Å². The highest BCUT2D eigenvalue weighted by molar-refractivity contribution is 6.30. The number of rotatable bonds is 8. The van der Waals surface area contributed by atoms with Gasteiger partial charge in [-0.05, 0) is 50.5 Å². The molecule has 1 atom stereocenters. The van der Waals surface area contributed by atoms with E-state index in [9.17, 15) is 9.59 Å². The number of carbonyl (C=O) groups excluding carboxylic acids is 2. The Balaban J connectivity index is 2.27. The maximum atomic E-state index is 13.2. The molecular weight excluding hydrogens is 372 g/mol. The summed E-state index contributed by atoms with van der Waals surface area (Å²) in [6, 6.07) is 14.8. The van der Waals surface area contributed by atoms with Gasteiger partial charge in [-0.3, -0.25) is 9.59 Å². The van der Waals surface area contributed by atoms with Crippen LogP contribution in [0.4, 0.5) is 0 Å². The van der Waals surface area contributed by atoms with Gasteiger partial charge in [0.05, 0.1) is 6.42 Å². The van der Waals surface area contributed by atoms with E-state index in [1.807, 2.05) is 64.1 Å². The second-order valence-corrected chi connectivity index (χ2v) is 7.83. The highest BCUT2D eigenvalue weighted by Crippen LogP contribution is 2.16. The fourth-order valence-electron chi connectivity index (χ4n) is 3.07. The Kier molecular flexibility index (Phi) is 8.06. The number of amides is 2. The monoisotopic (exact) mass is 400 g/mol. The van der Waals surface area contributed by atoms with Gasteiger partial charge in [-0.15, -0.1) is 0 Å². The largest absolute Gasteiger partial charge is 0.352 e. The molecule has 4 nitrogen and oxygen atoms in total. The lowest BCUT2D eigenvalue weighted by Gasteiger charge is -2.31. The molecule has 28 heavy (non-hydrogen) atoms. The topological polar surface area (TPSA) is 49.4 Å². The molecule has 0 saturated heterocycles. The van der Waals surface area contributed by atoms with Crippen molar-refractivity contribution in [3.63, 3.8) is 0 Å². The molecule has 0 aromatic heterocycles. The van der Waals surface area contributed by atoms with E-state index in [0.29, 0.717) is 18.0 Å². The molecule has 1 N–H and O–H groups in total. The molecule has 0 bridgehead atoms. The van der Waals surface area contributed by atoms with Gasteiger partial charge in [-0.2, -0.15) is 0 Å². The number of aryl methyl sites for hydroxylation is 1. The van der Waals surface area contributed by atoms with Crippen molar-refractivity contribution in [2.24, 2.45) is 0 Å². The van der Waals surface area contributed by atoms with Crippen molar-refractivity contribution in [1.29, 1.82) is 0 Å². The van der Waals surface area contributed by atoms with E-state index in [-0.39, 0.29) is 24.3 Å². The minimum atomic E-state index is -0.511. The van der Waals surface area contributed by atoms with E-state index in [1.54, 1.807) is 17.0 Å². The summed E-state index contributed by atoms with van der Waals surface area (Å²) >= 11 is 5.95. The summed E-state index contributed by atoms with van der Waals surface area (Å²) in [6.07, 6.45) is 0.783. The Morgan fingerprint density at radius 1 is 1.00 bits per heavy atom. The molecule has 0 aliphatic rings. The average molecular weight is 401 g/mol. The van der Waals surface area contributed by atoms with E-state index in [0.717, 1.165) is 16.7 Å². The van der Waals surface area contributed by atoms with Crippen molar-refractivity contribution in [3.8, 4) is 0 Å². The third-order valence-electron chi connectivity index (χ3n) is 4.56. The van der Waals surface area contributed by atoms with Crippen molar-refractivity contribution >= 4 is 23.4 Å². The SMILES string of the molecule is CC[C@H](C(=O)NC(C)C)N(Cc1ccc(C)cc1)C(=O)Cc1ccc(Cl)cc1. The quantitative estimate of drug-likeness (QED) is 0.708. The van der Waals surface area contributed by atoms with Crippen molar-refractivity contribution in [2.45, 2.75) is 59.2 Å². The standard InChI is InChI=1S/C23H29ClN2O2/c1-5-21(23(28)25-16(2)3)26(15-19-8-6-17(4)7-9-19)22(27)14-18-10-12-20(24)13-11-18/h6-13,16,21H,5,14-15H2,1-4H3,(H,25,28)/t21-/m1/s1. The van der Waals surface area contributed by atoms with Crippen molar-refractivity contribution in [2.75, 3.05) is 0 Å². The van der Waals surface area contributed by atoms with Crippen LogP contribution in [-0.2, 0) is 22.6 Å². The Morgan fingerprint density at radius 2 is 1.57 bits per heavy atom. The normalized spacial score (nSPS) is 11.9. The summed E-state index contributed by atoms with van der Waals surface area (Å²) in [7, 11) is 0. The molecule has 0 aliphatic carbocycles. The van der Waals surface area contributed by atoms with Gasteiger partial charge in [0.1, 0.15) is 6.04 Å². The Morgan fingerprint density at radius 3 is 2.11 bits per heavy atom. The minimum absolute atomic E-state index is 0.0224. The number of nitrogens with one attached hydrogen (secondary N) is 1. The second-order valence-electron chi connectivity index (χ2n) is 7.40. The van der Waals surface area contributed by atoms with Gasteiger partial charge in [0, 0.05) is 17.6 Å². The van der Waals surface area contributed by atoms with Gasteiger partial charge in [0.2, 0.25) is 11.8 Å². The van der Waals surface area contributed by atoms with Gasteiger partial charge in [-0.1, -0.05) is 60.5 Å². The molecule has 0 heterocycles. The molecule has 2 amide bonds. The Hall–Kier alpha value is -2.33. The number of hydrogen-bond donors (Lipinski definition) is 1. The third-order valence-corrected chi connectivity index (χ3v) is 4.81. The van der Waals surface area contributed by atoms with Crippen LogP contribution < -0.4 is 5.32 Å². The summed E-state index contributed by atoms with van der Waals surface area (Å²) in [6.45, 7) is 8.20. The lowest BCUT2D eigenvalue weighted by Crippen LogP contribution is -2.50. The molecule has 5 heteroatoms. The molecule has 2 aromatic carbocycles. The van der Waals surface area contributed by atoms with Crippen LogP contribution in [0.2, 0.25) is 5.02 Å². The first-order valence-electron chi connectivity index (χ1n) is 9.70. The maximum absolute atomic E-state index is 13.2. The highest BCUT2D eigenvalue weighted by atomic mass is 35.5. The highest BCUT2D eigenvalue weighted by Gasteiger charge is 2.28. The molecule has 0 fully saturated rings. The van der Waals surface area contributed by atoms with Gasteiger partial charge in [-0.25, -0.2) is 0 Å². The Labute approximate surface area is 172 Å². The van der Waals surface area contributed by atoms with E-state index >= 15 is 0 Å². The fourth-order valence-corrected chi connectivity index (χ4v) is 3.19. The minimum Gasteiger partial charge on any atom is -0.352 e. The van der Waals surface area contributed by atoms with Gasteiger partial charge in [0.25, 0.3) is 0 Å². The average Bonchev–Trinajstić information content (AvgIpc) is 2.64. The molecule has 150 valence electrons. The summed E-state index contributed by atoms with van der Waals surface area (Å²) < 4.78 is 0. The molecule has 2 rings (SSSR count). The molecule has 2 aromatic rings. The zero-order chi connectivity index (χ0) is 20.7. The number of halogens is 1. The molecular formula is C23H29ClN2O2. The number of benzene rings is 2. The van der Waals surface area contributed by atoms with Crippen molar-refractivity contribution < 1.29 is 9.59 Å². The summed E-state index contributed by atoms with van der Waals surface area (Å²) in [4.78, 5) is 27.6. The van der Waals surface area contributed by atoms with Crippen LogP contribution >= 0.6 is 11.6 Å². The van der Waals surface area contributed by atoms with E-state index in [4.69, 9.17) is 11.6 Å². The van der Waals surface area contributed by atoms with Crippen molar-refractivity contribution in [3.05, 3.63) is 70.2 Å². The smallest absolute Gasteiger partial charge is 0.243 e. The summed E-state index contributed by atoms with van der Waals surface area (Å²) in [5, 5.41) is 3.58. The van der Waals surface area contributed by atoms with E-state index in [2.05, 4.69) is 5.32 Å². The van der Waals surface area contributed by atoms with Crippen LogP contribution in [0.25, 0.3) is 0 Å². The van der Waals surface area contributed by atoms with Gasteiger partial charge in [0.15, 0.2) is 0 Å². The first kappa shape index (κ1) is 22.0. The first-order valence-corrected chi connectivity index (χ1v) is 10.1. The van der Waals surface area contributed by atoms with Gasteiger partial charge < -0.3 is 10.2 Å². The number of hydrogen-bond acceptors (Lipinski definition) is 2. The molecule has 0 saturated carbocycles. The zero-order valence-corrected chi connectivity index (χ0v) is 17.8. The lowest BCUT2D eigenvalue weighted by atomic mass is 10.1. The van der Waals surface area contributed by atoms with Crippen LogP contribution in [0, 0.1) is 6.92 Å². The first-order chi connectivity index (χ1) is 13.3. The molecule has 0 radical (unpaired) electrons. The van der Waals surface area contributed by atoms with E-state index < -0.39 is 6.04 Å². The van der Waals surface area contributed by atoms with E-state index in [1.165, 1.54) is 0 Å². The zero-order valence-electron chi connectivity index (χ0n) is 17.0.